The largest absolute Gasteiger partial charge is 0.480 e. The number of aromatic hydroxyl groups is 1. The molecule has 4 rings (SSSR count). The molecule has 10 heteroatoms. The lowest BCUT2D eigenvalue weighted by molar-refractivity contribution is -0.139. The highest BCUT2D eigenvalue weighted by Gasteiger charge is 2.17. The molecule has 158 valence electrons. The van der Waals surface area contributed by atoms with Gasteiger partial charge in [0, 0.05) is 18.9 Å². The predicted octanol–water partition coefficient (Wildman–Crippen LogP) is 1.88. The van der Waals surface area contributed by atoms with E-state index in [1.807, 2.05) is 36.4 Å². The predicted molar refractivity (Wildman–Crippen MR) is 114 cm³/mol. The molecule has 0 fully saturated rings. The van der Waals surface area contributed by atoms with Crippen molar-refractivity contribution < 1.29 is 14.6 Å². The minimum atomic E-state index is -0.321. The molecule has 0 aliphatic heterocycles. The first-order valence-corrected chi connectivity index (χ1v) is 9.53. The van der Waals surface area contributed by atoms with Crippen LogP contribution in [0.4, 0.5) is 11.8 Å². The van der Waals surface area contributed by atoms with Crippen LogP contribution < -0.4 is 11.1 Å². The number of benzene rings is 1. The summed E-state index contributed by atoms with van der Waals surface area (Å²) in [5, 5.41) is 13.5. The van der Waals surface area contributed by atoms with Gasteiger partial charge in [-0.05, 0) is 28.8 Å². The van der Waals surface area contributed by atoms with Crippen molar-refractivity contribution in [1.29, 1.82) is 0 Å². The SMILES string of the molecule is COC(=O)Cc1cccc(Cn2c(O)nc3c(N)nc(NCc4ccncc4)nc32)c1. The van der Waals surface area contributed by atoms with E-state index < -0.39 is 0 Å². The van der Waals surface area contributed by atoms with Gasteiger partial charge in [-0.15, -0.1) is 0 Å². The molecule has 1 aromatic carbocycles. The number of carbonyl (C=O) groups excluding carboxylic acids is 1. The Kier molecular flexibility index (Phi) is 5.61. The molecule has 4 N–H and O–H groups in total. The second-order valence-electron chi connectivity index (χ2n) is 6.88. The number of methoxy groups -OCH3 is 1. The molecule has 0 aliphatic carbocycles. The number of aromatic nitrogens is 5. The minimum Gasteiger partial charge on any atom is -0.480 e. The van der Waals surface area contributed by atoms with Crippen LogP contribution in [0.1, 0.15) is 16.7 Å². The van der Waals surface area contributed by atoms with Crippen LogP contribution in [-0.2, 0) is 29.0 Å². The van der Waals surface area contributed by atoms with Gasteiger partial charge in [-0.1, -0.05) is 24.3 Å². The molecular weight excluding hydrogens is 398 g/mol. The molecule has 0 saturated carbocycles. The van der Waals surface area contributed by atoms with E-state index in [0.717, 1.165) is 16.7 Å². The average Bonchev–Trinajstić information content (AvgIpc) is 3.09. The lowest BCUT2D eigenvalue weighted by Gasteiger charge is -2.09. The fourth-order valence-corrected chi connectivity index (χ4v) is 3.18. The van der Waals surface area contributed by atoms with Gasteiger partial charge in [-0.3, -0.25) is 14.3 Å². The Morgan fingerprint density at radius 1 is 1.13 bits per heavy atom. The van der Waals surface area contributed by atoms with Gasteiger partial charge < -0.3 is 20.9 Å². The number of rotatable bonds is 7. The number of imidazole rings is 1. The molecule has 3 aromatic heterocycles. The Bertz CT molecular complexity index is 1220. The molecule has 0 saturated heterocycles. The Hall–Kier alpha value is -4.21. The third kappa shape index (κ3) is 4.53. The second kappa shape index (κ2) is 8.66. The van der Waals surface area contributed by atoms with Crippen LogP contribution in [0.2, 0.25) is 0 Å². The van der Waals surface area contributed by atoms with Crippen molar-refractivity contribution in [3.05, 3.63) is 65.5 Å². The van der Waals surface area contributed by atoms with Gasteiger partial charge in [-0.25, -0.2) is 0 Å². The number of hydrogen-bond acceptors (Lipinski definition) is 9. The van der Waals surface area contributed by atoms with E-state index in [4.69, 9.17) is 10.5 Å². The number of pyridine rings is 1. The van der Waals surface area contributed by atoms with Gasteiger partial charge in [0.15, 0.2) is 17.0 Å². The first-order chi connectivity index (χ1) is 15.0. The van der Waals surface area contributed by atoms with E-state index in [0.29, 0.717) is 23.7 Å². The summed E-state index contributed by atoms with van der Waals surface area (Å²) in [4.78, 5) is 28.4. The van der Waals surface area contributed by atoms with E-state index in [9.17, 15) is 9.90 Å². The smallest absolute Gasteiger partial charge is 0.309 e. The van der Waals surface area contributed by atoms with Crippen LogP contribution in [-0.4, -0.2) is 42.7 Å². The van der Waals surface area contributed by atoms with Crippen molar-refractivity contribution in [1.82, 2.24) is 24.5 Å². The summed E-state index contributed by atoms with van der Waals surface area (Å²) in [6.45, 7) is 0.779. The minimum absolute atomic E-state index is 0.163. The molecule has 0 aliphatic rings. The summed E-state index contributed by atoms with van der Waals surface area (Å²) in [5.41, 5.74) is 9.46. The van der Waals surface area contributed by atoms with Crippen molar-refractivity contribution in [2.24, 2.45) is 0 Å². The lowest BCUT2D eigenvalue weighted by Crippen LogP contribution is -2.08. The first kappa shape index (κ1) is 20.1. The van der Waals surface area contributed by atoms with E-state index in [1.54, 1.807) is 17.0 Å². The van der Waals surface area contributed by atoms with Crippen LogP contribution in [0.5, 0.6) is 6.01 Å². The summed E-state index contributed by atoms with van der Waals surface area (Å²) in [5.74, 6) is 0.164. The highest BCUT2D eigenvalue weighted by atomic mass is 16.5. The maximum Gasteiger partial charge on any atom is 0.309 e. The fraction of sp³-hybridized carbons (Fsp3) is 0.190. The highest BCUT2D eigenvalue weighted by molar-refractivity contribution is 5.84. The number of esters is 1. The molecule has 0 unspecified atom stereocenters. The zero-order valence-electron chi connectivity index (χ0n) is 16.8. The van der Waals surface area contributed by atoms with Crippen LogP contribution in [0, 0.1) is 0 Å². The van der Waals surface area contributed by atoms with Crippen LogP contribution in [0.3, 0.4) is 0 Å². The second-order valence-corrected chi connectivity index (χ2v) is 6.88. The maximum atomic E-state index is 11.6. The van der Waals surface area contributed by atoms with Gasteiger partial charge in [0.05, 0.1) is 20.1 Å². The normalized spacial score (nSPS) is 10.9. The zero-order valence-corrected chi connectivity index (χ0v) is 16.8. The number of carbonyl (C=O) groups is 1. The molecule has 10 nitrogen and oxygen atoms in total. The fourth-order valence-electron chi connectivity index (χ4n) is 3.18. The summed E-state index contributed by atoms with van der Waals surface area (Å²) in [6.07, 6.45) is 3.58. The van der Waals surface area contributed by atoms with E-state index in [-0.39, 0.29) is 30.8 Å². The quantitative estimate of drug-likeness (QED) is 0.383. The van der Waals surface area contributed by atoms with Crippen molar-refractivity contribution in [2.75, 3.05) is 18.2 Å². The Labute approximate surface area is 177 Å². The number of nitrogens with zero attached hydrogens (tertiary/aromatic N) is 5. The van der Waals surface area contributed by atoms with Crippen molar-refractivity contribution in [3.63, 3.8) is 0 Å². The number of fused-ring (bicyclic) bond motifs is 1. The van der Waals surface area contributed by atoms with E-state index in [1.165, 1.54) is 7.11 Å². The Morgan fingerprint density at radius 3 is 2.68 bits per heavy atom. The Morgan fingerprint density at radius 2 is 1.90 bits per heavy atom. The van der Waals surface area contributed by atoms with Gasteiger partial charge in [0.1, 0.15) is 0 Å². The standard InChI is InChI=1S/C21H21N7O3/c1-31-16(29)10-14-3-2-4-15(9-14)12-28-19-17(25-21(28)30)18(22)26-20(27-19)24-11-13-5-7-23-8-6-13/h2-9H,10-12H2,1H3,(H,25,30)(H3,22,24,26,27). The first-order valence-electron chi connectivity index (χ1n) is 9.53. The maximum absolute atomic E-state index is 11.6. The molecule has 0 atom stereocenters. The van der Waals surface area contributed by atoms with Crippen molar-refractivity contribution in [2.45, 2.75) is 19.5 Å². The highest BCUT2D eigenvalue weighted by Crippen LogP contribution is 2.25. The summed E-state index contributed by atoms with van der Waals surface area (Å²) >= 11 is 0. The van der Waals surface area contributed by atoms with Gasteiger partial charge in [0.25, 0.3) is 6.01 Å². The topological polar surface area (TPSA) is 141 Å². The molecule has 0 radical (unpaired) electrons. The van der Waals surface area contributed by atoms with Gasteiger partial charge in [-0.2, -0.15) is 15.0 Å². The number of nitrogen functional groups attached to an aromatic ring is 1. The van der Waals surface area contributed by atoms with E-state index >= 15 is 0 Å². The summed E-state index contributed by atoms with van der Waals surface area (Å²) in [7, 11) is 1.35. The number of anilines is 2. The van der Waals surface area contributed by atoms with Gasteiger partial charge in [0.2, 0.25) is 5.95 Å². The van der Waals surface area contributed by atoms with E-state index in [2.05, 4.69) is 25.3 Å². The van der Waals surface area contributed by atoms with Gasteiger partial charge >= 0.3 is 5.97 Å². The third-order valence-electron chi connectivity index (χ3n) is 4.71. The lowest BCUT2D eigenvalue weighted by atomic mass is 10.1. The van der Waals surface area contributed by atoms with Crippen LogP contribution in [0.25, 0.3) is 11.2 Å². The molecule has 0 bridgehead atoms. The molecule has 0 spiro atoms. The van der Waals surface area contributed by atoms with Crippen molar-refractivity contribution in [3.8, 4) is 6.01 Å². The molecule has 0 amide bonds. The monoisotopic (exact) mass is 419 g/mol. The average molecular weight is 419 g/mol. The molecule has 31 heavy (non-hydrogen) atoms. The van der Waals surface area contributed by atoms with Crippen LogP contribution in [0.15, 0.2) is 48.8 Å². The zero-order chi connectivity index (χ0) is 21.8. The third-order valence-corrected chi connectivity index (χ3v) is 4.71. The number of ether oxygens (including phenoxy) is 1. The number of hydrogen-bond donors (Lipinski definition) is 3. The molecule has 4 aromatic rings. The molecule has 3 heterocycles. The number of nitrogens with one attached hydrogen (secondary N) is 1. The number of nitrogens with two attached hydrogens (primary N) is 1. The Balaban J connectivity index is 1.62. The molecular formula is C21H21N7O3. The summed E-state index contributed by atoms with van der Waals surface area (Å²) in [6, 6.07) is 11.0. The summed E-state index contributed by atoms with van der Waals surface area (Å²) < 4.78 is 6.27. The van der Waals surface area contributed by atoms with Crippen LogP contribution >= 0.6 is 0 Å². The van der Waals surface area contributed by atoms with Crippen molar-refractivity contribution >= 4 is 28.9 Å².